The number of nitrogens with zero attached hydrogens (tertiary/aromatic N) is 3. The van der Waals surface area contributed by atoms with Crippen LogP contribution in [0.5, 0.6) is 5.88 Å². The van der Waals surface area contributed by atoms with E-state index in [0.717, 1.165) is 33.9 Å². The number of amides is 1. The molecular weight excluding hydrogens is 454 g/mol. The fourth-order valence-corrected chi connectivity index (χ4v) is 4.39. The molecule has 0 radical (unpaired) electrons. The number of hydrogen-bond acceptors (Lipinski definition) is 10. The highest BCUT2D eigenvalue weighted by Gasteiger charge is 2.20. The Morgan fingerprint density at radius 1 is 1.29 bits per heavy atom. The van der Waals surface area contributed by atoms with E-state index in [-0.39, 0.29) is 24.4 Å². The van der Waals surface area contributed by atoms with E-state index in [1.54, 1.807) is 48.6 Å². The molecule has 0 atom stereocenters. The van der Waals surface area contributed by atoms with Crippen LogP contribution in [0.1, 0.15) is 33.6 Å². The van der Waals surface area contributed by atoms with Crippen LogP contribution >= 0.6 is 11.8 Å². The van der Waals surface area contributed by atoms with Gasteiger partial charge in [0, 0.05) is 27.3 Å². The molecule has 2 aliphatic heterocycles. The van der Waals surface area contributed by atoms with Crippen LogP contribution < -0.4 is 26.5 Å². The Kier molecular flexibility index (Phi) is 6.15. The summed E-state index contributed by atoms with van der Waals surface area (Å²) in [5.74, 6) is 1.23. The maximum atomic E-state index is 12.3. The minimum absolute atomic E-state index is 0.187. The van der Waals surface area contributed by atoms with Gasteiger partial charge < -0.3 is 9.15 Å². The lowest BCUT2D eigenvalue weighted by Crippen LogP contribution is -2.43. The summed E-state index contributed by atoms with van der Waals surface area (Å²) in [4.78, 5) is 18.0. The second-order valence-corrected chi connectivity index (χ2v) is 8.46. The molecule has 1 amide bonds. The number of nitrogens with one attached hydrogen (secondary N) is 4. The summed E-state index contributed by atoms with van der Waals surface area (Å²) in [5, 5.41) is 16.3. The van der Waals surface area contributed by atoms with Crippen molar-refractivity contribution in [1.29, 1.82) is 5.26 Å². The Morgan fingerprint density at radius 3 is 2.85 bits per heavy atom. The molecule has 0 spiro atoms. The first-order valence-electron chi connectivity index (χ1n) is 10.4. The SMILES string of the molecule is N#Cc1c(-c2ccoc2)cc(C2=CCCS2)nc1OCc1ccc(C(=O)NC2=NNNN2)cc1. The van der Waals surface area contributed by atoms with E-state index in [1.807, 2.05) is 12.1 Å². The first-order chi connectivity index (χ1) is 16.7. The number of hydrogen-bond donors (Lipinski definition) is 4. The highest BCUT2D eigenvalue weighted by Crippen LogP contribution is 2.38. The van der Waals surface area contributed by atoms with Gasteiger partial charge in [0.25, 0.3) is 5.91 Å². The van der Waals surface area contributed by atoms with Gasteiger partial charge in [-0.15, -0.1) is 22.4 Å². The second-order valence-electron chi connectivity index (χ2n) is 7.33. The molecule has 34 heavy (non-hydrogen) atoms. The van der Waals surface area contributed by atoms with Gasteiger partial charge in [0.05, 0.1) is 18.2 Å². The quantitative estimate of drug-likeness (QED) is 0.426. The summed E-state index contributed by atoms with van der Waals surface area (Å²) in [5.41, 5.74) is 11.6. The molecule has 1 aromatic carbocycles. The maximum absolute atomic E-state index is 12.3. The topological polar surface area (TPSA) is 137 Å². The molecule has 2 aromatic heterocycles. The molecule has 0 fully saturated rings. The predicted molar refractivity (Wildman–Crippen MR) is 127 cm³/mol. The van der Waals surface area contributed by atoms with Gasteiger partial charge in [-0.05, 0) is 36.2 Å². The standard InChI is InChI=1S/C23H19N7O3S/c24-11-18-17(16-7-8-32-13-16)10-19(20-2-1-9-34-20)25-22(18)33-12-14-3-5-15(6-4-14)21(31)26-23-27-29-30-28-23/h2-8,10,13,29-30H,1,9,12H2,(H2,26,27,28,31). The Morgan fingerprint density at radius 2 is 2.18 bits per heavy atom. The predicted octanol–water partition coefficient (Wildman–Crippen LogP) is 2.88. The van der Waals surface area contributed by atoms with Crippen LogP contribution in [0.15, 0.2) is 64.5 Å². The van der Waals surface area contributed by atoms with Crippen molar-refractivity contribution in [2.24, 2.45) is 5.10 Å². The van der Waals surface area contributed by atoms with Crippen molar-refractivity contribution in [1.82, 2.24) is 26.8 Å². The zero-order valence-corrected chi connectivity index (χ0v) is 18.6. The molecule has 0 bridgehead atoms. The molecule has 0 aliphatic carbocycles. The first-order valence-corrected chi connectivity index (χ1v) is 11.4. The molecule has 0 saturated carbocycles. The van der Waals surface area contributed by atoms with Crippen LogP contribution in [0, 0.1) is 11.3 Å². The molecule has 0 saturated heterocycles. The molecule has 4 heterocycles. The number of allylic oxidation sites excluding steroid dienone is 1. The minimum atomic E-state index is -0.308. The molecule has 11 heteroatoms. The Bertz CT molecular complexity index is 1310. The number of rotatable bonds is 6. The third-order valence-corrected chi connectivity index (χ3v) is 6.24. The average Bonchev–Trinajstić information content (AvgIpc) is 3.66. The zero-order valence-electron chi connectivity index (χ0n) is 17.8. The third kappa shape index (κ3) is 4.59. The third-order valence-electron chi connectivity index (χ3n) is 5.12. The van der Waals surface area contributed by atoms with Crippen molar-refractivity contribution >= 4 is 28.5 Å². The lowest BCUT2D eigenvalue weighted by Gasteiger charge is -2.13. The van der Waals surface area contributed by atoms with Gasteiger partial charge in [-0.25, -0.2) is 10.5 Å². The smallest absolute Gasteiger partial charge is 0.258 e. The van der Waals surface area contributed by atoms with Gasteiger partial charge in [-0.2, -0.15) is 5.26 Å². The molecule has 3 aromatic rings. The van der Waals surface area contributed by atoms with Crippen LogP contribution in [0.3, 0.4) is 0 Å². The number of hydrazine groups is 2. The Hall–Kier alpha value is -4.27. The minimum Gasteiger partial charge on any atom is -0.472 e. The highest BCUT2D eigenvalue weighted by atomic mass is 32.2. The summed E-state index contributed by atoms with van der Waals surface area (Å²) >= 11 is 1.73. The molecule has 170 valence electrons. The van der Waals surface area contributed by atoms with E-state index in [1.165, 1.54) is 0 Å². The van der Waals surface area contributed by atoms with Crippen LogP contribution in [-0.2, 0) is 6.61 Å². The Balaban J connectivity index is 1.36. The lowest BCUT2D eigenvalue weighted by atomic mass is 10.0. The number of furan rings is 1. The number of nitriles is 1. The fraction of sp³-hybridized carbons (Fsp3) is 0.130. The van der Waals surface area contributed by atoms with Gasteiger partial charge in [0.2, 0.25) is 11.8 Å². The van der Waals surface area contributed by atoms with Crippen molar-refractivity contribution in [2.75, 3.05) is 5.75 Å². The van der Waals surface area contributed by atoms with Crippen molar-refractivity contribution in [3.8, 4) is 23.1 Å². The van der Waals surface area contributed by atoms with Gasteiger partial charge in [0.1, 0.15) is 18.2 Å². The lowest BCUT2D eigenvalue weighted by molar-refractivity contribution is 0.0976. The summed E-state index contributed by atoms with van der Waals surface area (Å²) in [6.45, 7) is 0.187. The number of aromatic nitrogens is 1. The van der Waals surface area contributed by atoms with E-state index in [0.29, 0.717) is 16.7 Å². The van der Waals surface area contributed by atoms with Crippen LogP contribution in [-0.4, -0.2) is 22.6 Å². The summed E-state index contributed by atoms with van der Waals surface area (Å²) in [6, 6.07) is 12.9. The average molecular weight is 474 g/mol. The number of pyridine rings is 1. The van der Waals surface area contributed by atoms with E-state index in [4.69, 9.17) is 9.15 Å². The van der Waals surface area contributed by atoms with E-state index in [9.17, 15) is 10.1 Å². The van der Waals surface area contributed by atoms with Crippen LogP contribution in [0.4, 0.5) is 0 Å². The summed E-state index contributed by atoms with van der Waals surface area (Å²) in [6.07, 6.45) is 6.29. The van der Waals surface area contributed by atoms with Gasteiger partial charge in [-0.1, -0.05) is 18.2 Å². The normalized spacial score (nSPS) is 14.4. The monoisotopic (exact) mass is 473 g/mol. The number of guanidine groups is 1. The number of carbonyl (C=O) groups excluding carboxylic acids is 1. The molecule has 5 rings (SSSR count). The van der Waals surface area contributed by atoms with Gasteiger partial charge in [0.15, 0.2) is 0 Å². The zero-order chi connectivity index (χ0) is 23.3. The van der Waals surface area contributed by atoms with Crippen LogP contribution in [0.2, 0.25) is 0 Å². The number of benzene rings is 1. The van der Waals surface area contributed by atoms with Gasteiger partial charge >= 0.3 is 0 Å². The summed E-state index contributed by atoms with van der Waals surface area (Å²) in [7, 11) is 0. The van der Waals surface area contributed by atoms with E-state index < -0.39 is 0 Å². The van der Waals surface area contributed by atoms with Crippen molar-refractivity contribution < 1.29 is 13.9 Å². The molecule has 4 N–H and O–H groups in total. The van der Waals surface area contributed by atoms with Crippen LogP contribution in [0.25, 0.3) is 16.0 Å². The number of ether oxygens (including phenoxy) is 1. The van der Waals surface area contributed by atoms with E-state index in [2.05, 4.69) is 44.0 Å². The summed E-state index contributed by atoms with van der Waals surface area (Å²) < 4.78 is 11.2. The van der Waals surface area contributed by atoms with Crippen molar-refractivity contribution in [3.63, 3.8) is 0 Å². The van der Waals surface area contributed by atoms with Crippen molar-refractivity contribution in [2.45, 2.75) is 13.0 Å². The molecular formula is C23H19N7O3S. The molecule has 2 aliphatic rings. The van der Waals surface area contributed by atoms with E-state index >= 15 is 0 Å². The van der Waals surface area contributed by atoms with Gasteiger partial charge in [-0.3, -0.25) is 15.5 Å². The first kappa shape index (κ1) is 21.6. The number of hydrazone groups is 1. The maximum Gasteiger partial charge on any atom is 0.258 e. The largest absolute Gasteiger partial charge is 0.472 e. The molecule has 0 unspecified atom stereocenters. The Labute approximate surface area is 199 Å². The number of carbonyl (C=O) groups is 1. The molecule has 10 nitrogen and oxygen atoms in total. The highest BCUT2D eigenvalue weighted by molar-refractivity contribution is 8.08. The van der Waals surface area contributed by atoms with Crippen molar-refractivity contribution in [3.05, 3.63) is 77.4 Å². The number of thioether (sulfide) groups is 1. The second kappa shape index (κ2) is 9.70. The fourth-order valence-electron chi connectivity index (χ4n) is 3.44.